The molecular weight excluding hydrogens is 438 g/mol. The molecular formula is C29H35N3O3. The van der Waals surface area contributed by atoms with Gasteiger partial charge in [0.1, 0.15) is 11.5 Å². The molecule has 2 aromatic carbocycles. The van der Waals surface area contributed by atoms with Crippen LogP contribution in [0.4, 0.5) is 5.82 Å². The lowest BCUT2D eigenvalue weighted by atomic mass is 10.0. The van der Waals surface area contributed by atoms with Crippen LogP contribution in [0.5, 0.6) is 11.5 Å². The molecule has 1 N–H and O–H groups in total. The number of carbonyl (C=O) groups excluding carboxylic acids is 1. The molecule has 1 amide bonds. The van der Waals surface area contributed by atoms with Crippen LogP contribution in [0.1, 0.15) is 57.7 Å². The van der Waals surface area contributed by atoms with E-state index in [4.69, 9.17) is 14.5 Å². The second kappa shape index (κ2) is 11.8. The van der Waals surface area contributed by atoms with E-state index in [0.29, 0.717) is 18.3 Å². The van der Waals surface area contributed by atoms with Gasteiger partial charge in [-0.25, -0.2) is 9.97 Å². The fraction of sp³-hybridized carbons (Fsp3) is 0.414. The molecule has 0 spiro atoms. The van der Waals surface area contributed by atoms with Crippen LogP contribution in [0.25, 0.3) is 11.3 Å². The van der Waals surface area contributed by atoms with Gasteiger partial charge in [0.25, 0.3) is 0 Å². The van der Waals surface area contributed by atoms with Crippen molar-refractivity contribution in [3.8, 4) is 22.8 Å². The Labute approximate surface area is 208 Å². The van der Waals surface area contributed by atoms with E-state index < -0.39 is 0 Å². The molecule has 184 valence electrons. The summed E-state index contributed by atoms with van der Waals surface area (Å²) in [5.74, 6) is 2.69. The van der Waals surface area contributed by atoms with Gasteiger partial charge in [0, 0.05) is 5.56 Å². The van der Waals surface area contributed by atoms with Gasteiger partial charge in [-0.1, -0.05) is 37.8 Å². The van der Waals surface area contributed by atoms with Gasteiger partial charge in [-0.3, -0.25) is 4.79 Å². The van der Waals surface area contributed by atoms with Crippen molar-refractivity contribution in [3.05, 3.63) is 66.0 Å². The predicted octanol–water partition coefficient (Wildman–Crippen LogP) is 6.24. The Bertz CT molecular complexity index is 1110. The van der Waals surface area contributed by atoms with Crippen molar-refractivity contribution in [2.45, 2.75) is 65.4 Å². The Morgan fingerprint density at radius 2 is 1.71 bits per heavy atom. The molecule has 0 aliphatic heterocycles. The lowest BCUT2D eigenvalue weighted by Crippen LogP contribution is -2.18. The van der Waals surface area contributed by atoms with Gasteiger partial charge in [0.05, 0.1) is 36.7 Å². The third-order valence-corrected chi connectivity index (χ3v) is 6.18. The molecule has 0 bridgehead atoms. The fourth-order valence-electron chi connectivity index (χ4n) is 4.51. The lowest BCUT2D eigenvalue weighted by Gasteiger charge is -2.15. The largest absolute Gasteiger partial charge is 0.494 e. The van der Waals surface area contributed by atoms with E-state index in [1.807, 2.05) is 69.3 Å². The molecule has 3 aromatic rings. The van der Waals surface area contributed by atoms with Gasteiger partial charge in [0.2, 0.25) is 5.91 Å². The second-order valence-electron chi connectivity index (χ2n) is 9.40. The van der Waals surface area contributed by atoms with E-state index in [-0.39, 0.29) is 18.4 Å². The van der Waals surface area contributed by atoms with Gasteiger partial charge >= 0.3 is 0 Å². The molecule has 4 rings (SSSR count). The minimum Gasteiger partial charge on any atom is -0.494 e. The second-order valence-corrected chi connectivity index (χ2v) is 9.40. The highest BCUT2D eigenvalue weighted by Crippen LogP contribution is 2.30. The van der Waals surface area contributed by atoms with Crippen LogP contribution in [0.2, 0.25) is 0 Å². The molecule has 1 fully saturated rings. The average Bonchev–Trinajstić information content (AvgIpc) is 3.35. The van der Waals surface area contributed by atoms with E-state index in [2.05, 4.69) is 10.3 Å². The third kappa shape index (κ3) is 7.04. The maximum atomic E-state index is 12.8. The van der Waals surface area contributed by atoms with Gasteiger partial charge in [-0.2, -0.15) is 0 Å². The molecule has 1 aromatic heterocycles. The molecule has 0 radical (unpaired) electrons. The van der Waals surface area contributed by atoms with Crippen LogP contribution in [-0.4, -0.2) is 28.6 Å². The maximum absolute atomic E-state index is 12.8. The quantitative estimate of drug-likeness (QED) is 0.377. The normalized spacial score (nSPS) is 13.7. The van der Waals surface area contributed by atoms with Gasteiger partial charge in [0.15, 0.2) is 5.82 Å². The first kappa shape index (κ1) is 24.7. The number of nitrogens with one attached hydrogen (secondary N) is 1. The summed E-state index contributed by atoms with van der Waals surface area (Å²) in [6.45, 7) is 6.59. The average molecular weight is 474 g/mol. The van der Waals surface area contributed by atoms with E-state index in [0.717, 1.165) is 40.4 Å². The predicted molar refractivity (Wildman–Crippen MR) is 139 cm³/mol. The van der Waals surface area contributed by atoms with Crippen molar-refractivity contribution in [2.24, 2.45) is 5.92 Å². The van der Waals surface area contributed by atoms with E-state index in [9.17, 15) is 4.79 Å². The number of benzene rings is 2. The summed E-state index contributed by atoms with van der Waals surface area (Å²) in [5, 5.41) is 3.02. The first-order chi connectivity index (χ1) is 17.0. The number of hydrogen-bond donors (Lipinski definition) is 1. The summed E-state index contributed by atoms with van der Waals surface area (Å²) in [4.78, 5) is 22.4. The van der Waals surface area contributed by atoms with Gasteiger partial charge in [-0.15, -0.1) is 0 Å². The zero-order valence-corrected chi connectivity index (χ0v) is 20.9. The summed E-state index contributed by atoms with van der Waals surface area (Å²) < 4.78 is 11.2. The number of anilines is 1. The van der Waals surface area contributed by atoms with Crippen LogP contribution in [0.15, 0.2) is 54.7 Å². The van der Waals surface area contributed by atoms with Crippen molar-refractivity contribution >= 4 is 11.7 Å². The zero-order chi connectivity index (χ0) is 24.6. The minimum absolute atomic E-state index is 0.0981. The number of hydrogen-bond acceptors (Lipinski definition) is 5. The fourth-order valence-corrected chi connectivity index (χ4v) is 4.51. The summed E-state index contributed by atoms with van der Waals surface area (Å²) in [6.07, 6.45) is 7.89. The Morgan fingerprint density at radius 1 is 1.03 bits per heavy atom. The monoisotopic (exact) mass is 473 g/mol. The molecule has 0 unspecified atom stereocenters. The van der Waals surface area contributed by atoms with Crippen LogP contribution in [0, 0.1) is 5.92 Å². The van der Waals surface area contributed by atoms with Gasteiger partial charge < -0.3 is 14.8 Å². The SMILES string of the molecule is CCOc1ccc(CC(=O)Nc2ncc(-c3ccc(OC(C)C)cc3)nc2CC2CCCC2)cc1. The van der Waals surface area contributed by atoms with Crippen LogP contribution in [0.3, 0.4) is 0 Å². The van der Waals surface area contributed by atoms with Crippen molar-refractivity contribution in [1.29, 1.82) is 0 Å². The van der Waals surface area contributed by atoms with Crippen molar-refractivity contribution in [1.82, 2.24) is 9.97 Å². The van der Waals surface area contributed by atoms with Gasteiger partial charge in [-0.05, 0) is 75.1 Å². The molecule has 0 saturated heterocycles. The molecule has 6 heteroatoms. The number of carbonyl (C=O) groups is 1. The van der Waals surface area contributed by atoms with Crippen molar-refractivity contribution in [3.63, 3.8) is 0 Å². The highest BCUT2D eigenvalue weighted by molar-refractivity contribution is 5.92. The summed E-state index contributed by atoms with van der Waals surface area (Å²) >= 11 is 0. The Kier molecular flexibility index (Phi) is 8.35. The molecule has 6 nitrogen and oxygen atoms in total. The zero-order valence-electron chi connectivity index (χ0n) is 20.9. The smallest absolute Gasteiger partial charge is 0.229 e. The molecule has 0 atom stereocenters. The summed E-state index contributed by atoms with van der Waals surface area (Å²) in [7, 11) is 0. The number of nitrogens with zero attached hydrogens (tertiary/aromatic N) is 2. The first-order valence-corrected chi connectivity index (χ1v) is 12.6. The number of aromatic nitrogens is 2. The number of ether oxygens (including phenoxy) is 2. The summed E-state index contributed by atoms with van der Waals surface area (Å²) in [5.41, 5.74) is 3.57. The standard InChI is InChI=1S/C29H35N3O3/c1-4-34-24-13-9-22(10-14-24)18-28(33)32-29-26(17-21-7-5-6-8-21)31-27(19-30-29)23-11-15-25(16-12-23)35-20(2)3/h9-16,19-21H,4-8,17-18H2,1-3H3,(H,30,32,33). The number of amides is 1. The van der Waals surface area contributed by atoms with E-state index >= 15 is 0 Å². The number of rotatable bonds is 10. The van der Waals surface area contributed by atoms with Crippen molar-refractivity contribution in [2.75, 3.05) is 11.9 Å². The molecule has 1 aliphatic carbocycles. The van der Waals surface area contributed by atoms with E-state index in [1.165, 1.54) is 25.7 Å². The van der Waals surface area contributed by atoms with E-state index in [1.54, 1.807) is 6.20 Å². The molecule has 1 aliphatic rings. The first-order valence-electron chi connectivity index (χ1n) is 12.6. The molecule has 1 saturated carbocycles. The topological polar surface area (TPSA) is 73.3 Å². The van der Waals surface area contributed by atoms with Crippen LogP contribution < -0.4 is 14.8 Å². The van der Waals surface area contributed by atoms with Crippen LogP contribution in [-0.2, 0) is 17.6 Å². The lowest BCUT2D eigenvalue weighted by molar-refractivity contribution is -0.115. The highest BCUT2D eigenvalue weighted by atomic mass is 16.5. The highest BCUT2D eigenvalue weighted by Gasteiger charge is 2.20. The third-order valence-electron chi connectivity index (χ3n) is 6.18. The van der Waals surface area contributed by atoms with Crippen molar-refractivity contribution < 1.29 is 14.3 Å². The Balaban J connectivity index is 1.50. The Morgan fingerprint density at radius 3 is 2.37 bits per heavy atom. The molecule has 35 heavy (non-hydrogen) atoms. The minimum atomic E-state index is -0.0981. The maximum Gasteiger partial charge on any atom is 0.229 e. The summed E-state index contributed by atoms with van der Waals surface area (Å²) in [6, 6.07) is 15.6. The Hall–Kier alpha value is -3.41. The van der Waals surface area contributed by atoms with Crippen LogP contribution >= 0.6 is 0 Å². The molecule has 1 heterocycles.